The minimum atomic E-state index is -1.05. The van der Waals surface area contributed by atoms with Crippen molar-refractivity contribution in [3.05, 3.63) is 88.7 Å². The molecule has 1 aromatic heterocycles. The van der Waals surface area contributed by atoms with Gasteiger partial charge in [-0.2, -0.15) is 0 Å². The number of carbonyl (C=O) groups excluding carboxylic acids is 4. The summed E-state index contributed by atoms with van der Waals surface area (Å²) >= 11 is 0. The molecule has 0 spiro atoms. The van der Waals surface area contributed by atoms with Gasteiger partial charge in [0.2, 0.25) is 11.8 Å². The Morgan fingerprint density at radius 1 is 1.00 bits per heavy atom. The molecular formula is C32H29N5O6. The molecule has 0 aliphatic carbocycles. The molecule has 0 saturated carbocycles. The van der Waals surface area contributed by atoms with Crippen LogP contribution in [-0.2, 0) is 16.2 Å². The van der Waals surface area contributed by atoms with E-state index in [-0.39, 0.29) is 36.6 Å². The molecule has 1 fully saturated rings. The molecule has 0 bridgehead atoms. The predicted molar refractivity (Wildman–Crippen MR) is 157 cm³/mol. The maximum Gasteiger partial charge on any atom is 0.262 e. The van der Waals surface area contributed by atoms with E-state index in [2.05, 4.69) is 27.5 Å². The number of nitrogens with zero attached hydrogens (tertiary/aromatic N) is 3. The highest BCUT2D eigenvalue weighted by molar-refractivity contribution is 6.24. The third-order valence-electron chi connectivity index (χ3n) is 7.68. The summed E-state index contributed by atoms with van der Waals surface area (Å²) in [6.07, 6.45) is 0.130. The van der Waals surface area contributed by atoms with Gasteiger partial charge in [0, 0.05) is 29.5 Å². The number of benzene rings is 3. The average Bonchev–Trinajstić information content (AvgIpc) is 3.25. The van der Waals surface area contributed by atoms with Crippen molar-refractivity contribution >= 4 is 40.3 Å². The van der Waals surface area contributed by atoms with E-state index in [0.717, 1.165) is 15.8 Å². The Kier molecular flexibility index (Phi) is 7.22. The fraction of sp³-hybridized carbons (Fsp3) is 0.250. The first-order valence-electron chi connectivity index (χ1n) is 13.9. The summed E-state index contributed by atoms with van der Waals surface area (Å²) in [5.74, 6) is -0.185. The molecule has 0 radical (unpaired) electrons. The molecule has 2 aliphatic rings. The van der Waals surface area contributed by atoms with E-state index < -0.39 is 29.7 Å². The van der Waals surface area contributed by atoms with Crippen LogP contribution in [0.15, 0.2) is 60.7 Å². The maximum atomic E-state index is 13.5. The molecule has 6 rings (SSSR count). The number of imide groups is 2. The molecular weight excluding hydrogens is 550 g/mol. The molecule has 11 nitrogen and oxygen atoms in total. The Morgan fingerprint density at radius 2 is 1.79 bits per heavy atom. The van der Waals surface area contributed by atoms with Gasteiger partial charge in [-0.15, -0.1) is 0 Å². The van der Waals surface area contributed by atoms with Gasteiger partial charge in [0.25, 0.3) is 11.8 Å². The van der Waals surface area contributed by atoms with E-state index in [0.29, 0.717) is 34.2 Å². The van der Waals surface area contributed by atoms with Crippen molar-refractivity contribution in [2.24, 2.45) is 0 Å². The van der Waals surface area contributed by atoms with E-state index in [1.165, 1.54) is 7.11 Å². The lowest BCUT2D eigenvalue weighted by molar-refractivity contribution is -0.136. The van der Waals surface area contributed by atoms with Crippen LogP contribution in [0.3, 0.4) is 0 Å². The highest BCUT2D eigenvalue weighted by atomic mass is 16.5. The molecule has 2 atom stereocenters. The van der Waals surface area contributed by atoms with Crippen LogP contribution < -0.4 is 20.1 Å². The highest BCUT2D eigenvalue weighted by Crippen LogP contribution is 2.37. The first kappa shape index (κ1) is 27.8. The van der Waals surface area contributed by atoms with Crippen LogP contribution in [0.4, 0.5) is 5.82 Å². The molecule has 3 heterocycles. The number of carbonyl (C=O) groups is 4. The number of fused-ring (bicyclic) bond motifs is 2. The molecule has 218 valence electrons. The summed E-state index contributed by atoms with van der Waals surface area (Å²) in [6.45, 7) is 3.82. The molecule has 4 aromatic rings. The minimum Gasteiger partial charge on any atom is -0.493 e. The van der Waals surface area contributed by atoms with Gasteiger partial charge in [-0.05, 0) is 38.0 Å². The second-order valence-corrected chi connectivity index (χ2v) is 10.5. The lowest BCUT2D eigenvalue weighted by Crippen LogP contribution is -2.54. The summed E-state index contributed by atoms with van der Waals surface area (Å²) < 4.78 is 11.8. The molecule has 3 aromatic carbocycles. The first-order chi connectivity index (χ1) is 20.7. The normalized spacial score (nSPS) is 17.1. The standard InChI is InChI=1S/C32H29N5O6/c1-17(19-8-5-4-6-9-19)33-29-22-14-25(42-3)26(15-23(22)34-18(2)35-29)43-16-20-10-7-11-21-28(20)32(41)37(31(21)40)24-12-13-27(38)36-30(24)39/h4-11,14-15,17,24H,12-13,16H2,1-3H3,(H,33,34,35)(H,36,38,39)/t17-,24?/m1/s1. The average molecular weight is 580 g/mol. The highest BCUT2D eigenvalue weighted by Gasteiger charge is 2.45. The topological polar surface area (TPSA) is 140 Å². The summed E-state index contributed by atoms with van der Waals surface area (Å²) in [5, 5.41) is 6.44. The number of hydrogen-bond donors (Lipinski definition) is 2. The maximum absolute atomic E-state index is 13.5. The van der Waals surface area contributed by atoms with E-state index in [4.69, 9.17) is 9.47 Å². The number of hydrogen-bond acceptors (Lipinski definition) is 9. The van der Waals surface area contributed by atoms with Crippen LogP contribution >= 0.6 is 0 Å². The Hall–Kier alpha value is -5.32. The number of amides is 4. The quantitative estimate of drug-likeness (QED) is 0.295. The summed E-state index contributed by atoms with van der Waals surface area (Å²) in [6, 6.07) is 17.4. The number of aromatic nitrogens is 2. The Balaban J connectivity index is 1.28. The van der Waals surface area contributed by atoms with Crippen molar-refractivity contribution in [1.29, 1.82) is 0 Å². The van der Waals surface area contributed by atoms with E-state index in [1.807, 2.05) is 37.3 Å². The number of piperidine rings is 1. The number of anilines is 1. The number of aryl methyl sites for hydroxylation is 1. The number of nitrogens with one attached hydrogen (secondary N) is 2. The van der Waals surface area contributed by atoms with Crippen molar-refractivity contribution < 1.29 is 28.7 Å². The lowest BCUT2D eigenvalue weighted by atomic mass is 10.0. The Bertz CT molecular complexity index is 1790. The minimum absolute atomic E-state index is 0.0132. The van der Waals surface area contributed by atoms with E-state index >= 15 is 0 Å². The lowest BCUT2D eigenvalue weighted by Gasteiger charge is -2.27. The second-order valence-electron chi connectivity index (χ2n) is 10.5. The van der Waals surface area contributed by atoms with Crippen molar-refractivity contribution in [3.8, 4) is 11.5 Å². The summed E-state index contributed by atoms with van der Waals surface area (Å²) in [7, 11) is 1.53. The van der Waals surface area contributed by atoms with Crippen LogP contribution in [0.25, 0.3) is 10.9 Å². The van der Waals surface area contributed by atoms with Gasteiger partial charge in [-0.1, -0.05) is 42.5 Å². The SMILES string of the molecule is COc1cc2c(N[C@H](C)c3ccccc3)nc(C)nc2cc1OCc1cccc2c1C(=O)N(C1CCC(=O)NC1=O)C2=O. The molecule has 2 aliphatic heterocycles. The fourth-order valence-electron chi connectivity index (χ4n) is 5.53. The Morgan fingerprint density at radius 3 is 2.53 bits per heavy atom. The monoisotopic (exact) mass is 579 g/mol. The third-order valence-corrected chi connectivity index (χ3v) is 7.68. The molecule has 2 N–H and O–H groups in total. The van der Waals surface area contributed by atoms with Crippen molar-refractivity contribution in [2.45, 2.75) is 45.4 Å². The van der Waals surface area contributed by atoms with Gasteiger partial charge in [0.05, 0.1) is 23.8 Å². The smallest absolute Gasteiger partial charge is 0.262 e. The van der Waals surface area contributed by atoms with Crippen LogP contribution in [0.2, 0.25) is 0 Å². The van der Waals surface area contributed by atoms with E-state index in [9.17, 15) is 19.2 Å². The molecule has 1 unspecified atom stereocenters. The van der Waals surface area contributed by atoms with E-state index in [1.54, 1.807) is 30.3 Å². The third kappa shape index (κ3) is 5.14. The van der Waals surface area contributed by atoms with Crippen molar-refractivity contribution in [1.82, 2.24) is 20.2 Å². The molecule has 11 heteroatoms. The Labute approximate surface area is 247 Å². The largest absolute Gasteiger partial charge is 0.493 e. The van der Waals surface area contributed by atoms with Crippen LogP contribution in [0.5, 0.6) is 11.5 Å². The summed E-state index contributed by atoms with van der Waals surface area (Å²) in [4.78, 5) is 60.9. The van der Waals surface area contributed by atoms with Gasteiger partial charge >= 0.3 is 0 Å². The van der Waals surface area contributed by atoms with Gasteiger partial charge in [0.15, 0.2) is 11.5 Å². The second kappa shape index (κ2) is 11.2. The zero-order valence-corrected chi connectivity index (χ0v) is 23.8. The molecule has 1 saturated heterocycles. The number of methoxy groups -OCH3 is 1. The summed E-state index contributed by atoms with van der Waals surface area (Å²) in [5.41, 5.74) is 2.59. The zero-order valence-electron chi connectivity index (χ0n) is 23.8. The predicted octanol–water partition coefficient (Wildman–Crippen LogP) is 4.10. The number of ether oxygens (including phenoxy) is 2. The van der Waals surface area contributed by atoms with Gasteiger partial charge in [-0.3, -0.25) is 29.4 Å². The van der Waals surface area contributed by atoms with Crippen LogP contribution in [0.1, 0.15) is 63.5 Å². The molecule has 43 heavy (non-hydrogen) atoms. The van der Waals surface area contributed by atoms with Gasteiger partial charge in [-0.25, -0.2) is 9.97 Å². The van der Waals surface area contributed by atoms with Crippen molar-refractivity contribution in [3.63, 3.8) is 0 Å². The zero-order chi connectivity index (χ0) is 30.2. The van der Waals surface area contributed by atoms with Crippen LogP contribution in [-0.4, -0.2) is 51.6 Å². The van der Waals surface area contributed by atoms with Crippen LogP contribution in [0, 0.1) is 6.92 Å². The van der Waals surface area contributed by atoms with Crippen molar-refractivity contribution in [2.75, 3.05) is 12.4 Å². The van der Waals surface area contributed by atoms with Gasteiger partial charge in [0.1, 0.15) is 24.3 Å². The fourth-order valence-corrected chi connectivity index (χ4v) is 5.53. The first-order valence-corrected chi connectivity index (χ1v) is 13.9. The molecule has 4 amide bonds. The van der Waals surface area contributed by atoms with Gasteiger partial charge < -0.3 is 14.8 Å². The number of rotatable bonds is 8.